The van der Waals surface area contributed by atoms with Gasteiger partial charge in [-0.1, -0.05) is 0 Å². The fourth-order valence-corrected chi connectivity index (χ4v) is 1.54. The molecule has 0 saturated heterocycles. The second kappa shape index (κ2) is 3.34. The summed E-state index contributed by atoms with van der Waals surface area (Å²) in [7, 11) is 5.05. The van der Waals surface area contributed by atoms with Crippen molar-refractivity contribution in [1.29, 1.82) is 0 Å². The minimum atomic E-state index is 0.473. The molecule has 5 heteroatoms. The Bertz CT molecular complexity index is 505. The molecule has 1 heterocycles. The van der Waals surface area contributed by atoms with Gasteiger partial charge < -0.3 is 19.8 Å². The minimum absolute atomic E-state index is 0.473. The zero-order valence-electron chi connectivity index (χ0n) is 8.94. The molecule has 2 N–H and O–H groups in total. The largest absolute Gasteiger partial charge is 0.493 e. The topological polar surface area (TPSA) is 62.3 Å². The summed E-state index contributed by atoms with van der Waals surface area (Å²) < 4.78 is 12.2. The lowest BCUT2D eigenvalue weighted by atomic mass is 10.2. The van der Waals surface area contributed by atoms with Gasteiger partial charge in [0.2, 0.25) is 5.95 Å². The lowest BCUT2D eigenvalue weighted by Gasteiger charge is -2.07. The number of imidazole rings is 1. The number of aryl methyl sites for hydroxylation is 1. The van der Waals surface area contributed by atoms with Gasteiger partial charge in [-0.25, -0.2) is 4.98 Å². The van der Waals surface area contributed by atoms with E-state index in [2.05, 4.69) is 4.98 Å². The highest BCUT2D eigenvalue weighted by Gasteiger charge is 2.10. The summed E-state index contributed by atoms with van der Waals surface area (Å²) in [5.74, 6) is 1.80. The van der Waals surface area contributed by atoms with Crippen molar-refractivity contribution in [3.05, 3.63) is 12.1 Å². The molecule has 2 rings (SSSR count). The minimum Gasteiger partial charge on any atom is -0.493 e. The Labute approximate surface area is 87.4 Å². The van der Waals surface area contributed by atoms with E-state index in [1.165, 1.54) is 0 Å². The van der Waals surface area contributed by atoms with E-state index < -0.39 is 0 Å². The van der Waals surface area contributed by atoms with Crippen LogP contribution in [0.1, 0.15) is 0 Å². The first-order chi connectivity index (χ1) is 7.17. The van der Waals surface area contributed by atoms with E-state index in [0.717, 1.165) is 11.0 Å². The highest BCUT2D eigenvalue weighted by atomic mass is 16.5. The number of fused-ring (bicyclic) bond motifs is 1. The first kappa shape index (κ1) is 9.64. The van der Waals surface area contributed by atoms with E-state index in [4.69, 9.17) is 15.2 Å². The molecule has 0 bridgehead atoms. The van der Waals surface area contributed by atoms with E-state index in [1.807, 2.05) is 19.2 Å². The first-order valence-corrected chi connectivity index (χ1v) is 4.51. The van der Waals surface area contributed by atoms with Gasteiger partial charge in [0.15, 0.2) is 11.5 Å². The van der Waals surface area contributed by atoms with Crippen LogP contribution in [-0.4, -0.2) is 23.8 Å². The van der Waals surface area contributed by atoms with Crippen molar-refractivity contribution in [2.45, 2.75) is 0 Å². The number of ether oxygens (including phenoxy) is 2. The maximum absolute atomic E-state index is 5.71. The second-order valence-corrected chi connectivity index (χ2v) is 3.22. The Morgan fingerprint density at radius 3 is 2.40 bits per heavy atom. The number of nitrogens with zero attached hydrogens (tertiary/aromatic N) is 2. The summed E-state index contributed by atoms with van der Waals surface area (Å²) in [6.45, 7) is 0. The van der Waals surface area contributed by atoms with Gasteiger partial charge in [0.1, 0.15) is 0 Å². The quantitative estimate of drug-likeness (QED) is 0.803. The van der Waals surface area contributed by atoms with Crippen LogP contribution in [0.25, 0.3) is 11.0 Å². The zero-order valence-corrected chi connectivity index (χ0v) is 8.94. The van der Waals surface area contributed by atoms with Crippen LogP contribution in [0.4, 0.5) is 5.95 Å². The van der Waals surface area contributed by atoms with Crippen LogP contribution in [0.15, 0.2) is 12.1 Å². The summed E-state index contributed by atoms with van der Waals surface area (Å²) >= 11 is 0. The molecule has 80 valence electrons. The Hall–Kier alpha value is -1.91. The van der Waals surface area contributed by atoms with Gasteiger partial charge in [0.05, 0.1) is 25.3 Å². The molecule has 0 spiro atoms. The summed E-state index contributed by atoms with van der Waals surface area (Å²) in [5, 5.41) is 0. The molecule has 0 aliphatic heterocycles. The van der Waals surface area contributed by atoms with Gasteiger partial charge in [-0.2, -0.15) is 0 Å². The third-order valence-electron chi connectivity index (χ3n) is 2.42. The van der Waals surface area contributed by atoms with Crippen LogP contribution in [0, 0.1) is 0 Å². The average Bonchev–Trinajstić information content (AvgIpc) is 2.53. The predicted molar refractivity (Wildman–Crippen MR) is 58.2 cm³/mol. The van der Waals surface area contributed by atoms with Crippen molar-refractivity contribution in [1.82, 2.24) is 9.55 Å². The third-order valence-corrected chi connectivity index (χ3v) is 2.42. The van der Waals surface area contributed by atoms with Crippen molar-refractivity contribution >= 4 is 17.0 Å². The molecule has 0 saturated carbocycles. The van der Waals surface area contributed by atoms with Crippen molar-refractivity contribution in [3.63, 3.8) is 0 Å². The molecular weight excluding hydrogens is 194 g/mol. The number of rotatable bonds is 2. The third kappa shape index (κ3) is 1.36. The summed E-state index contributed by atoms with van der Waals surface area (Å²) in [6.07, 6.45) is 0. The Morgan fingerprint density at radius 1 is 1.20 bits per heavy atom. The maximum atomic E-state index is 5.71. The van der Waals surface area contributed by atoms with E-state index >= 15 is 0 Å². The lowest BCUT2D eigenvalue weighted by Crippen LogP contribution is -1.96. The molecule has 2 aromatic rings. The molecule has 0 radical (unpaired) electrons. The van der Waals surface area contributed by atoms with Crippen LogP contribution in [0.5, 0.6) is 11.5 Å². The van der Waals surface area contributed by atoms with E-state index in [0.29, 0.717) is 17.4 Å². The molecule has 0 atom stereocenters. The molecule has 5 nitrogen and oxygen atoms in total. The number of nitrogens with two attached hydrogens (primary N) is 1. The van der Waals surface area contributed by atoms with Crippen molar-refractivity contribution in [2.24, 2.45) is 7.05 Å². The predicted octanol–water partition coefficient (Wildman–Crippen LogP) is 1.17. The van der Waals surface area contributed by atoms with E-state index in [9.17, 15) is 0 Å². The standard InChI is InChI=1S/C10H13N3O2/c1-13-7-5-9(15-3)8(14-2)4-6(7)12-10(13)11/h4-5H,1-3H3,(H2,11,12). The van der Waals surface area contributed by atoms with E-state index in [1.54, 1.807) is 18.8 Å². The monoisotopic (exact) mass is 207 g/mol. The van der Waals surface area contributed by atoms with Crippen LogP contribution in [0.2, 0.25) is 0 Å². The van der Waals surface area contributed by atoms with Crippen LogP contribution in [-0.2, 0) is 7.05 Å². The number of methoxy groups -OCH3 is 2. The molecule has 0 amide bonds. The van der Waals surface area contributed by atoms with Crippen LogP contribution >= 0.6 is 0 Å². The lowest BCUT2D eigenvalue weighted by molar-refractivity contribution is 0.355. The van der Waals surface area contributed by atoms with E-state index in [-0.39, 0.29) is 0 Å². The van der Waals surface area contributed by atoms with Gasteiger partial charge in [0.25, 0.3) is 0 Å². The Morgan fingerprint density at radius 2 is 1.80 bits per heavy atom. The van der Waals surface area contributed by atoms with Crippen molar-refractivity contribution in [2.75, 3.05) is 20.0 Å². The molecule has 0 aliphatic rings. The van der Waals surface area contributed by atoms with Gasteiger partial charge in [0, 0.05) is 19.2 Å². The number of anilines is 1. The van der Waals surface area contributed by atoms with Gasteiger partial charge >= 0.3 is 0 Å². The SMILES string of the molecule is COc1cc2nc(N)n(C)c2cc1OC. The second-order valence-electron chi connectivity index (χ2n) is 3.22. The highest BCUT2D eigenvalue weighted by Crippen LogP contribution is 2.32. The summed E-state index contributed by atoms with van der Waals surface area (Å²) in [4.78, 5) is 4.20. The number of hydrogen-bond donors (Lipinski definition) is 1. The molecule has 1 aromatic heterocycles. The van der Waals surface area contributed by atoms with Gasteiger partial charge in [-0.05, 0) is 0 Å². The Kier molecular flexibility index (Phi) is 2.15. The molecular formula is C10H13N3O2. The maximum Gasteiger partial charge on any atom is 0.200 e. The zero-order chi connectivity index (χ0) is 11.0. The molecule has 1 aromatic carbocycles. The van der Waals surface area contributed by atoms with Crippen molar-refractivity contribution in [3.8, 4) is 11.5 Å². The Balaban J connectivity index is 2.75. The number of nitrogen functional groups attached to an aromatic ring is 1. The smallest absolute Gasteiger partial charge is 0.200 e. The number of aromatic nitrogens is 2. The summed E-state index contributed by atoms with van der Waals surface area (Å²) in [6, 6.07) is 3.67. The first-order valence-electron chi connectivity index (χ1n) is 4.51. The van der Waals surface area contributed by atoms with Crippen LogP contribution < -0.4 is 15.2 Å². The summed E-state index contributed by atoms with van der Waals surface area (Å²) in [5.41, 5.74) is 7.43. The number of hydrogen-bond acceptors (Lipinski definition) is 4. The highest BCUT2D eigenvalue weighted by molar-refractivity contribution is 5.82. The van der Waals surface area contributed by atoms with Gasteiger partial charge in [-0.15, -0.1) is 0 Å². The fourth-order valence-electron chi connectivity index (χ4n) is 1.54. The number of benzene rings is 1. The molecule has 0 unspecified atom stereocenters. The fraction of sp³-hybridized carbons (Fsp3) is 0.300. The van der Waals surface area contributed by atoms with Crippen LogP contribution in [0.3, 0.4) is 0 Å². The molecule has 0 aliphatic carbocycles. The normalized spacial score (nSPS) is 10.6. The molecule has 0 fully saturated rings. The molecule has 15 heavy (non-hydrogen) atoms. The van der Waals surface area contributed by atoms with Gasteiger partial charge in [-0.3, -0.25) is 0 Å². The average molecular weight is 207 g/mol. The van der Waals surface area contributed by atoms with Crippen molar-refractivity contribution < 1.29 is 9.47 Å².